The molecule has 0 heterocycles. The van der Waals surface area contributed by atoms with E-state index in [0.717, 1.165) is 18.2 Å². The summed E-state index contributed by atoms with van der Waals surface area (Å²) in [7, 11) is 0. The van der Waals surface area contributed by atoms with E-state index in [1.54, 1.807) is 5.48 Å². The average Bonchev–Trinajstić information content (AvgIpc) is 2.30. The van der Waals surface area contributed by atoms with Crippen molar-refractivity contribution in [3.63, 3.8) is 0 Å². The van der Waals surface area contributed by atoms with Crippen molar-refractivity contribution in [1.82, 2.24) is 10.8 Å². The molecule has 0 saturated carbocycles. The quantitative estimate of drug-likeness (QED) is 0.683. The smallest absolute Gasteiger partial charge is 0.338 e. The Morgan fingerprint density at radius 1 is 1.33 bits per heavy atom. The molecular weight excluding hydrogens is 250 g/mol. The molecule has 0 bridgehead atoms. The summed E-state index contributed by atoms with van der Waals surface area (Å²) in [4.78, 5) is 25.4. The lowest BCUT2D eigenvalue weighted by molar-refractivity contribution is -0.144. The van der Waals surface area contributed by atoms with Gasteiger partial charge in [-0.1, -0.05) is 0 Å². The van der Waals surface area contributed by atoms with Crippen molar-refractivity contribution in [2.75, 3.05) is 6.61 Å². The molecule has 0 saturated heterocycles. The second-order valence-electron chi connectivity index (χ2n) is 3.20. The van der Waals surface area contributed by atoms with Gasteiger partial charge >= 0.3 is 12.0 Å². The van der Waals surface area contributed by atoms with Gasteiger partial charge in [0.25, 0.3) is 0 Å². The van der Waals surface area contributed by atoms with E-state index in [1.807, 2.05) is 0 Å². The maximum absolute atomic E-state index is 13.1. The first kappa shape index (κ1) is 13.8. The standard InChI is InChI=1S/C10H10F2N2O4/c11-7-1-2-8(12)6(3-7)4-13-10(17)14-18-5-9(15)16/h1-3H,4-5H2,(H,15,16)(H2,13,14,17). The number of carboxylic acid groups (broad SMARTS) is 1. The van der Waals surface area contributed by atoms with Crippen molar-refractivity contribution in [3.8, 4) is 0 Å². The highest BCUT2D eigenvalue weighted by atomic mass is 19.1. The Morgan fingerprint density at radius 3 is 2.72 bits per heavy atom. The van der Waals surface area contributed by atoms with E-state index in [0.29, 0.717) is 0 Å². The molecule has 0 aliphatic heterocycles. The number of carbonyl (C=O) groups excluding carboxylic acids is 1. The van der Waals surface area contributed by atoms with Crippen LogP contribution in [0.5, 0.6) is 0 Å². The first-order chi connectivity index (χ1) is 8.49. The van der Waals surface area contributed by atoms with E-state index < -0.39 is 30.2 Å². The maximum Gasteiger partial charge on any atom is 0.338 e. The van der Waals surface area contributed by atoms with E-state index in [4.69, 9.17) is 5.11 Å². The van der Waals surface area contributed by atoms with Gasteiger partial charge in [0, 0.05) is 12.1 Å². The van der Waals surface area contributed by atoms with Crippen LogP contribution >= 0.6 is 0 Å². The van der Waals surface area contributed by atoms with Gasteiger partial charge in [0.2, 0.25) is 0 Å². The number of hydrogen-bond donors (Lipinski definition) is 3. The van der Waals surface area contributed by atoms with Gasteiger partial charge in [-0.3, -0.25) is 4.84 Å². The third-order valence-electron chi connectivity index (χ3n) is 1.81. The monoisotopic (exact) mass is 260 g/mol. The molecule has 0 fully saturated rings. The van der Waals surface area contributed by atoms with Crippen LogP contribution in [0.4, 0.5) is 13.6 Å². The van der Waals surface area contributed by atoms with Gasteiger partial charge in [-0.25, -0.2) is 23.9 Å². The minimum atomic E-state index is -1.26. The number of urea groups is 1. The van der Waals surface area contributed by atoms with Crippen LogP contribution in [0.25, 0.3) is 0 Å². The Kier molecular flexibility index (Phi) is 5.00. The topological polar surface area (TPSA) is 87.7 Å². The van der Waals surface area contributed by atoms with Crippen molar-refractivity contribution in [2.45, 2.75) is 6.54 Å². The van der Waals surface area contributed by atoms with Gasteiger partial charge < -0.3 is 10.4 Å². The summed E-state index contributed by atoms with van der Waals surface area (Å²) >= 11 is 0. The third-order valence-corrected chi connectivity index (χ3v) is 1.81. The Hall–Kier alpha value is -2.22. The zero-order chi connectivity index (χ0) is 13.5. The lowest BCUT2D eigenvalue weighted by Crippen LogP contribution is -2.36. The van der Waals surface area contributed by atoms with Gasteiger partial charge in [0.15, 0.2) is 6.61 Å². The lowest BCUT2D eigenvalue weighted by atomic mass is 10.2. The molecule has 3 N–H and O–H groups in total. The largest absolute Gasteiger partial charge is 0.479 e. The molecule has 8 heteroatoms. The molecule has 2 amide bonds. The van der Waals surface area contributed by atoms with Crippen LogP contribution in [-0.2, 0) is 16.2 Å². The van der Waals surface area contributed by atoms with Crippen LogP contribution < -0.4 is 10.8 Å². The summed E-state index contributed by atoms with van der Waals surface area (Å²) in [6.07, 6.45) is 0. The van der Waals surface area contributed by atoms with E-state index >= 15 is 0 Å². The number of carboxylic acids is 1. The predicted octanol–water partition coefficient (Wildman–Crippen LogP) is 0.780. The van der Waals surface area contributed by atoms with Crippen LogP contribution in [0.2, 0.25) is 0 Å². The first-order valence-corrected chi connectivity index (χ1v) is 4.80. The van der Waals surface area contributed by atoms with E-state index in [-0.39, 0.29) is 12.1 Å². The van der Waals surface area contributed by atoms with E-state index in [9.17, 15) is 18.4 Å². The van der Waals surface area contributed by atoms with E-state index in [1.165, 1.54) is 0 Å². The normalized spacial score (nSPS) is 9.89. The lowest BCUT2D eigenvalue weighted by Gasteiger charge is -2.07. The Bertz CT molecular complexity index is 454. The van der Waals surface area contributed by atoms with Gasteiger partial charge in [0.1, 0.15) is 11.6 Å². The number of rotatable bonds is 5. The number of hydroxylamine groups is 1. The van der Waals surface area contributed by atoms with Crippen molar-refractivity contribution < 1.29 is 28.3 Å². The molecule has 18 heavy (non-hydrogen) atoms. The molecule has 98 valence electrons. The molecular formula is C10H10F2N2O4. The molecule has 0 spiro atoms. The molecule has 0 aliphatic rings. The number of hydrogen-bond acceptors (Lipinski definition) is 3. The Labute approximate surface area is 101 Å². The van der Waals surface area contributed by atoms with E-state index in [2.05, 4.69) is 10.2 Å². The van der Waals surface area contributed by atoms with Crippen LogP contribution in [-0.4, -0.2) is 23.7 Å². The maximum atomic E-state index is 13.1. The number of benzene rings is 1. The van der Waals surface area contributed by atoms with Gasteiger partial charge in [-0.2, -0.15) is 0 Å². The highest BCUT2D eigenvalue weighted by Crippen LogP contribution is 2.08. The van der Waals surface area contributed by atoms with Gasteiger partial charge in [-0.15, -0.1) is 0 Å². The summed E-state index contributed by atoms with van der Waals surface area (Å²) in [5.74, 6) is -2.55. The van der Waals surface area contributed by atoms with Gasteiger partial charge in [-0.05, 0) is 18.2 Å². The van der Waals surface area contributed by atoms with Gasteiger partial charge in [0.05, 0.1) is 0 Å². The third kappa shape index (κ3) is 4.74. The second kappa shape index (κ2) is 6.50. The minimum Gasteiger partial charge on any atom is -0.479 e. The number of aliphatic carboxylic acids is 1. The average molecular weight is 260 g/mol. The highest BCUT2D eigenvalue weighted by molar-refractivity contribution is 5.73. The van der Waals surface area contributed by atoms with Crippen molar-refractivity contribution in [3.05, 3.63) is 35.4 Å². The molecule has 0 aromatic heterocycles. The fraction of sp³-hybridized carbons (Fsp3) is 0.200. The molecule has 1 rings (SSSR count). The van der Waals surface area contributed by atoms with Crippen molar-refractivity contribution in [2.24, 2.45) is 0 Å². The molecule has 0 unspecified atom stereocenters. The summed E-state index contributed by atoms with van der Waals surface area (Å²) in [5, 5.41) is 10.4. The highest BCUT2D eigenvalue weighted by Gasteiger charge is 2.06. The van der Waals surface area contributed by atoms with Crippen LogP contribution in [0, 0.1) is 11.6 Å². The molecule has 0 atom stereocenters. The number of amides is 2. The number of carbonyl (C=O) groups is 2. The minimum absolute atomic E-state index is 0.0385. The Morgan fingerprint density at radius 2 is 2.06 bits per heavy atom. The second-order valence-corrected chi connectivity index (χ2v) is 3.20. The molecule has 1 aromatic rings. The zero-order valence-corrected chi connectivity index (χ0v) is 9.07. The first-order valence-electron chi connectivity index (χ1n) is 4.80. The summed E-state index contributed by atoms with van der Waals surface area (Å²) in [5.41, 5.74) is 1.73. The SMILES string of the molecule is O=C(O)CONC(=O)NCc1cc(F)ccc1F. The molecule has 0 radical (unpaired) electrons. The van der Waals surface area contributed by atoms with Crippen LogP contribution in [0.15, 0.2) is 18.2 Å². The number of halogens is 2. The summed E-state index contributed by atoms with van der Waals surface area (Å²) < 4.78 is 25.9. The summed E-state index contributed by atoms with van der Waals surface area (Å²) in [6.45, 7) is -0.965. The fourth-order valence-corrected chi connectivity index (χ4v) is 1.05. The molecule has 0 aliphatic carbocycles. The predicted molar refractivity (Wildman–Crippen MR) is 55.3 cm³/mol. The Balaban J connectivity index is 2.38. The van der Waals surface area contributed by atoms with Crippen molar-refractivity contribution >= 4 is 12.0 Å². The molecule has 6 nitrogen and oxygen atoms in total. The number of nitrogens with one attached hydrogen (secondary N) is 2. The zero-order valence-electron chi connectivity index (χ0n) is 9.07. The molecule has 1 aromatic carbocycles. The summed E-state index contributed by atoms with van der Waals surface area (Å²) in [6, 6.07) is 1.97. The fourth-order valence-electron chi connectivity index (χ4n) is 1.05. The van der Waals surface area contributed by atoms with Crippen LogP contribution in [0.1, 0.15) is 5.56 Å². The van der Waals surface area contributed by atoms with Crippen LogP contribution in [0.3, 0.4) is 0 Å². The van der Waals surface area contributed by atoms with Crippen molar-refractivity contribution in [1.29, 1.82) is 0 Å².